The lowest BCUT2D eigenvalue weighted by Crippen LogP contribution is -2.33. The molecule has 3 aromatic rings. The number of aromatic amines is 1. The molecule has 32 heavy (non-hydrogen) atoms. The molecule has 1 aliphatic rings. The highest BCUT2D eigenvalue weighted by atomic mass is 35.5. The molecule has 0 aliphatic heterocycles. The molecule has 0 spiro atoms. The van der Waals surface area contributed by atoms with Crippen molar-refractivity contribution in [3.8, 4) is 6.07 Å². The minimum Gasteiger partial charge on any atom is -0.385 e. The summed E-state index contributed by atoms with van der Waals surface area (Å²) in [6.07, 6.45) is 7.25. The summed E-state index contributed by atoms with van der Waals surface area (Å²) in [5.74, 6) is -0.247. The zero-order valence-corrected chi connectivity index (χ0v) is 18.9. The van der Waals surface area contributed by atoms with Crippen LogP contribution in [-0.4, -0.2) is 35.5 Å². The third-order valence-electron chi connectivity index (χ3n) is 5.79. The molecule has 2 aromatic carbocycles. The molecule has 1 aliphatic carbocycles. The topological polar surface area (TPSA) is 69.1 Å². The van der Waals surface area contributed by atoms with E-state index < -0.39 is 0 Å². The normalized spacial score (nSPS) is 13.8. The third-order valence-corrected chi connectivity index (χ3v) is 6.16. The number of hydrogen-bond acceptors (Lipinski definition) is 3. The number of benzene rings is 2. The first-order valence-corrected chi connectivity index (χ1v) is 11.2. The van der Waals surface area contributed by atoms with E-state index in [9.17, 15) is 10.1 Å². The first kappa shape index (κ1) is 22.1. The summed E-state index contributed by atoms with van der Waals surface area (Å²) in [4.78, 5) is 18.4. The summed E-state index contributed by atoms with van der Waals surface area (Å²) in [6, 6.07) is 16.0. The number of nitrogens with one attached hydrogen (secondary N) is 1. The van der Waals surface area contributed by atoms with E-state index in [1.54, 1.807) is 18.1 Å². The number of amides is 1. The Labute approximate surface area is 193 Å². The number of methoxy groups -OCH3 is 1. The molecule has 1 saturated carbocycles. The van der Waals surface area contributed by atoms with Gasteiger partial charge >= 0.3 is 0 Å². The number of nitriles is 1. The van der Waals surface area contributed by atoms with Gasteiger partial charge in [-0.15, -0.1) is 0 Å². The Morgan fingerprint density at radius 3 is 2.91 bits per heavy atom. The van der Waals surface area contributed by atoms with Crippen molar-refractivity contribution in [2.75, 3.05) is 13.7 Å². The van der Waals surface area contributed by atoms with Gasteiger partial charge in [0.25, 0.3) is 5.91 Å². The molecule has 0 radical (unpaired) electrons. The van der Waals surface area contributed by atoms with Crippen molar-refractivity contribution in [2.24, 2.45) is 0 Å². The number of nitrogens with zero attached hydrogens (tertiary/aromatic N) is 2. The van der Waals surface area contributed by atoms with Crippen molar-refractivity contribution in [1.82, 2.24) is 9.88 Å². The largest absolute Gasteiger partial charge is 0.385 e. The van der Waals surface area contributed by atoms with Gasteiger partial charge in [0.05, 0.1) is 0 Å². The number of fused-ring (bicyclic) bond motifs is 1. The van der Waals surface area contributed by atoms with Crippen LogP contribution in [0.5, 0.6) is 0 Å². The lowest BCUT2D eigenvalue weighted by Gasteiger charge is -2.23. The Hall–Kier alpha value is -3.07. The summed E-state index contributed by atoms with van der Waals surface area (Å²) in [5.41, 5.74) is 4.03. The molecule has 0 saturated heterocycles. The average Bonchev–Trinajstić information content (AvgIpc) is 3.52. The standard InChI is InChI=1S/C26H26ClN3O2/c1-32-13-3-4-18-7-10-24(27)21(14-18)17-30(22-8-9-22)26(31)20(16-28)15-19-5-2-6-25-23(19)11-12-29-25/h2,5-7,10-12,14-15,22,29H,3-4,8-9,13,17H2,1H3. The number of hydrogen-bond donors (Lipinski definition) is 1. The Balaban J connectivity index is 1.59. The van der Waals surface area contributed by atoms with E-state index in [2.05, 4.69) is 17.1 Å². The molecule has 4 rings (SSSR count). The van der Waals surface area contributed by atoms with Gasteiger partial charge in [0.2, 0.25) is 0 Å². The summed E-state index contributed by atoms with van der Waals surface area (Å²) in [5, 5.41) is 11.4. The molecule has 164 valence electrons. The van der Waals surface area contributed by atoms with Crippen molar-refractivity contribution >= 4 is 34.5 Å². The smallest absolute Gasteiger partial charge is 0.265 e. The van der Waals surface area contributed by atoms with Crippen molar-refractivity contribution in [3.05, 3.63) is 75.9 Å². The Morgan fingerprint density at radius 2 is 2.16 bits per heavy atom. The lowest BCUT2D eigenvalue weighted by atomic mass is 10.0. The molecule has 1 aromatic heterocycles. The third kappa shape index (κ3) is 5.04. The van der Waals surface area contributed by atoms with Crippen LogP contribution < -0.4 is 0 Å². The first-order chi connectivity index (χ1) is 15.6. The maximum atomic E-state index is 13.4. The maximum Gasteiger partial charge on any atom is 0.265 e. The number of H-pyrrole nitrogens is 1. The second-order valence-corrected chi connectivity index (χ2v) is 8.55. The Kier molecular flexibility index (Phi) is 6.94. The summed E-state index contributed by atoms with van der Waals surface area (Å²) >= 11 is 6.48. The minimum atomic E-state index is -0.247. The van der Waals surface area contributed by atoms with Crippen LogP contribution in [0.2, 0.25) is 5.02 Å². The van der Waals surface area contributed by atoms with E-state index in [0.717, 1.165) is 47.7 Å². The van der Waals surface area contributed by atoms with Crippen molar-refractivity contribution < 1.29 is 9.53 Å². The predicted molar refractivity (Wildman–Crippen MR) is 127 cm³/mol. The molecule has 1 fully saturated rings. The predicted octanol–water partition coefficient (Wildman–Crippen LogP) is 5.50. The second kappa shape index (κ2) is 10.0. The first-order valence-electron chi connectivity index (χ1n) is 10.9. The number of rotatable bonds is 9. The zero-order chi connectivity index (χ0) is 22.5. The molecule has 1 amide bonds. The molecule has 1 heterocycles. The Bertz CT molecular complexity index is 1190. The van der Waals surface area contributed by atoms with Crippen LogP contribution in [0.15, 0.2) is 54.2 Å². The number of ether oxygens (including phenoxy) is 1. The fourth-order valence-electron chi connectivity index (χ4n) is 3.95. The maximum absolute atomic E-state index is 13.4. The van der Waals surface area contributed by atoms with Gasteiger partial charge in [-0.1, -0.05) is 35.9 Å². The van der Waals surface area contributed by atoms with Gasteiger partial charge < -0.3 is 14.6 Å². The van der Waals surface area contributed by atoms with Crippen LogP contribution in [0.4, 0.5) is 0 Å². The minimum absolute atomic E-state index is 0.137. The fourth-order valence-corrected chi connectivity index (χ4v) is 4.13. The number of carbonyl (C=O) groups is 1. The molecule has 0 bridgehead atoms. The van der Waals surface area contributed by atoms with Crippen molar-refractivity contribution in [3.63, 3.8) is 0 Å². The highest BCUT2D eigenvalue weighted by molar-refractivity contribution is 6.31. The summed E-state index contributed by atoms with van der Waals surface area (Å²) in [7, 11) is 1.70. The van der Waals surface area contributed by atoms with Gasteiger partial charge in [-0.3, -0.25) is 4.79 Å². The average molecular weight is 448 g/mol. The molecular weight excluding hydrogens is 422 g/mol. The monoisotopic (exact) mass is 447 g/mol. The molecular formula is C26H26ClN3O2. The van der Waals surface area contributed by atoms with E-state index in [1.165, 1.54) is 5.56 Å². The van der Waals surface area contributed by atoms with Crippen molar-refractivity contribution in [2.45, 2.75) is 38.3 Å². The van der Waals surface area contributed by atoms with Crippen molar-refractivity contribution in [1.29, 1.82) is 5.26 Å². The molecule has 6 heteroatoms. The van der Waals surface area contributed by atoms with E-state index >= 15 is 0 Å². The number of aromatic nitrogens is 1. The highest BCUT2D eigenvalue weighted by Gasteiger charge is 2.34. The molecule has 0 unspecified atom stereocenters. The van der Waals surface area contributed by atoms with E-state index in [0.29, 0.717) is 18.2 Å². The molecule has 5 nitrogen and oxygen atoms in total. The van der Waals surface area contributed by atoms with E-state index in [1.807, 2.05) is 42.6 Å². The van der Waals surface area contributed by atoms with Crippen LogP contribution in [0.1, 0.15) is 36.0 Å². The van der Waals surface area contributed by atoms with Crippen LogP contribution in [0, 0.1) is 11.3 Å². The number of carbonyl (C=O) groups excluding carboxylic acids is 1. The summed E-state index contributed by atoms with van der Waals surface area (Å²) < 4.78 is 5.14. The number of aryl methyl sites for hydroxylation is 1. The highest BCUT2D eigenvalue weighted by Crippen LogP contribution is 2.32. The van der Waals surface area contributed by atoms with Crippen LogP contribution in [-0.2, 0) is 22.5 Å². The van der Waals surface area contributed by atoms with E-state index in [4.69, 9.17) is 16.3 Å². The molecule has 0 atom stereocenters. The molecule has 1 N–H and O–H groups in total. The number of halogens is 1. The zero-order valence-electron chi connectivity index (χ0n) is 18.1. The van der Waals surface area contributed by atoms with Gasteiger partial charge in [-0.2, -0.15) is 5.26 Å². The quantitative estimate of drug-likeness (QED) is 0.267. The fraction of sp³-hybridized carbons (Fsp3) is 0.308. The van der Waals surface area contributed by atoms with Gasteiger partial charge in [0.1, 0.15) is 11.6 Å². The van der Waals surface area contributed by atoms with Gasteiger partial charge in [-0.25, -0.2) is 0 Å². The lowest BCUT2D eigenvalue weighted by molar-refractivity contribution is -0.127. The summed E-state index contributed by atoms with van der Waals surface area (Å²) in [6.45, 7) is 1.10. The van der Waals surface area contributed by atoms with Crippen LogP contribution in [0.25, 0.3) is 17.0 Å². The SMILES string of the molecule is COCCCc1ccc(Cl)c(CN(C(=O)C(C#N)=Cc2cccc3[nH]ccc23)C2CC2)c1. The van der Waals surface area contributed by atoms with Gasteiger partial charge in [0, 0.05) is 48.4 Å². The Morgan fingerprint density at radius 1 is 1.31 bits per heavy atom. The van der Waals surface area contributed by atoms with Gasteiger partial charge in [0.15, 0.2) is 0 Å². The van der Waals surface area contributed by atoms with Gasteiger partial charge in [-0.05, 0) is 66.6 Å². The second-order valence-electron chi connectivity index (χ2n) is 8.14. The van der Waals surface area contributed by atoms with Crippen LogP contribution >= 0.6 is 11.6 Å². The van der Waals surface area contributed by atoms with E-state index in [-0.39, 0.29) is 17.5 Å². The van der Waals surface area contributed by atoms with Crippen LogP contribution in [0.3, 0.4) is 0 Å².